The number of morpholine rings is 1. The van der Waals surface area contributed by atoms with Gasteiger partial charge in [0, 0.05) is 50.9 Å². The van der Waals surface area contributed by atoms with Gasteiger partial charge in [-0.1, -0.05) is 25.7 Å². The maximum absolute atomic E-state index is 16.2. The molecule has 3 saturated carbocycles. The molecule has 9 nitrogen and oxygen atoms in total. The number of carbonyl (C=O) groups is 2. The first-order chi connectivity index (χ1) is 19.9. The zero-order valence-electron chi connectivity index (χ0n) is 24.6. The average molecular weight is 573 g/mol. The van der Waals surface area contributed by atoms with Crippen molar-refractivity contribution in [2.45, 2.75) is 100 Å². The van der Waals surface area contributed by atoms with E-state index in [2.05, 4.69) is 32.0 Å². The number of carbonyl (C=O) groups excluding carboxylic acids is 2. The van der Waals surface area contributed by atoms with Crippen LogP contribution < -0.4 is 11.1 Å². The predicted octanol–water partition coefficient (Wildman–Crippen LogP) is 1.33. The summed E-state index contributed by atoms with van der Waals surface area (Å²) in [5.41, 5.74) is 6.46. The fourth-order valence-electron chi connectivity index (χ4n) is 9.49. The molecule has 0 spiro atoms. The van der Waals surface area contributed by atoms with Crippen LogP contribution in [0.1, 0.15) is 57.8 Å². The number of hydrogen-bond acceptors (Lipinski definition) is 8. The number of likely N-dealkylation sites (N-methyl/N-ethyl adjacent to an activating group) is 1. The molecule has 3 saturated heterocycles. The summed E-state index contributed by atoms with van der Waals surface area (Å²) in [4.78, 5) is 36.6. The molecule has 7 rings (SSSR count). The van der Waals surface area contributed by atoms with Crippen molar-refractivity contribution in [3.05, 3.63) is 11.8 Å². The van der Waals surface area contributed by atoms with E-state index in [4.69, 9.17) is 10.5 Å². The van der Waals surface area contributed by atoms with E-state index >= 15 is 4.39 Å². The van der Waals surface area contributed by atoms with E-state index in [1.165, 1.54) is 25.7 Å². The van der Waals surface area contributed by atoms with Gasteiger partial charge in [-0.2, -0.15) is 0 Å². The smallest absolute Gasteiger partial charge is 0.257 e. The highest BCUT2D eigenvalue weighted by Crippen LogP contribution is 2.50. The van der Waals surface area contributed by atoms with E-state index in [0.29, 0.717) is 25.0 Å². The molecule has 0 bridgehead atoms. The van der Waals surface area contributed by atoms with Crippen molar-refractivity contribution in [2.75, 3.05) is 53.0 Å². The fraction of sp³-hybridized carbons (Fsp3) is 0.871. The van der Waals surface area contributed by atoms with Gasteiger partial charge in [0.15, 0.2) is 5.78 Å². The monoisotopic (exact) mass is 572 g/mol. The molecule has 4 heterocycles. The molecule has 10 heteroatoms. The third-order valence-corrected chi connectivity index (χ3v) is 11.6. The van der Waals surface area contributed by atoms with Crippen molar-refractivity contribution >= 4 is 11.7 Å². The summed E-state index contributed by atoms with van der Waals surface area (Å²) in [5.74, 6) is 0.228. The van der Waals surface area contributed by atoms with E-state index in [0.717, 1.165) is 58.4 Å². The Hall–Kier alpha value is -1.59. The van der Waals surface area contributed by atoms with E-state index < -0.39 is 24.2 Å². The molecule has 41 heavy (non-hydrogen) atoms. The predicted molar refractivity (Wildman–Crippen MR) is 154 cm³/mol. The minimum atomic E-state index is -1.18. The minimum absolute atomic E-state index is 0.00294. The molecule has 10 atom stereocenters. The van der Waals surface area contributed by atoms with Gasteiger partial charge in [-0.25, -0.2) is 4.39 Å². The van der Waals surface area contributed by atoms with Gasteiger partial charge in [-0.3, -0.25) is 19.4 Å². The molecule has 1 amide bonds. The summed E-state index contributed by atoms with van der Waals surface area (Å²) in [7, 11) is 2.12. The number of ketones is 1. The second-order valence-electron chi connectivity index (χ2n) is 14.2. The number of fused-ring (bicyclic) bond motifs is 3. The quantitative estimate of drug-likeness (QED) is 0.488. The van der Waals surface area contributed by atoms with E-state index in [1.54, 1.807) is 0 Å². The number of rotatable bonds is 4. The van der Waals surface area contributed by atoms with Crippen LogP contribution in [0.25, 0.3) is 0 Å². The molecule has 6 fully saturated rings. The molecule has 0 aromatic heterocycles. The molecule has 0 radical (unpaired) electrons. The van der Waals surface area contributed by atoms with Crippen LogP contribution in [-0.4, -0.2) is 127 Å². The van der Waals surface area contributed by atoms with Gasteiger partial charge >= 0.3 is 0 Å². The van der Waals surface area contributed by atoms with Gasteiger partial charge in [0.05, 0.1) is 42.6 Å². The number of nitrogens with two attached hydrogens (primary N) is 1. The molecule has 0 aromatic rings. The summed E-state index contributed by atoms with van der Waals surface area (Å²) in [6.07, 6.45) is 9.44. The number of likely N-dealkylation sites (tertiary alicyclic amines) is 1. The number of halogens is 1. The van der Waals surface area contributed by atoms with Crippen molar-refractivity contribution < 1.29 is 18.7 Å². The Kier molecular flexibility index (Phi) is 7.90. The normalized spacial score (nSPS) is 43.9. The van der Waals surface area contributed by atoms with Gasteiger partial charge in [0.25, 0.3) is 5.91 Å². The van der Waals surface area contributed by atoms with Crippen LogP contribution in [0, 0.1) is 17.8 Å². The summed E-state index contributed by atoms with van der Waals surface area (Å²) in [6.45, 7) is 5.69. The lowest BCUT2D eigenvalue weighted by molar-refractivity contribution is -0.219. The number of Topliss-reactive ketones (excluding diaryl/α,β-unsaturated/α-hetero) is 1. The second-order valence-corrected chi connectivity index (χ2v) is 14.2. The minimum Gasteiger partial charge on any atom is -0.369 e. The molecule has 228 valence electrons. The highest BCUT2D eigenvalue weighted by atomic mass is 19.1. The Balaban J connectivity index is 1.17. The van der Waals surface area contributed by atoms with Gasteiger partial charge in [-0.15, -0.1) is 0 Å². The van der Waals surface area contributed by atoms with Crippen molar-refractivity contribution in [1.29, 1.82) is 0 Å². The van der Waals surface area contributed by atoms with Crippen LogP contribution >= 0.6 is 0 Å². The Labute approximate surface area is 243 Å². The van der Waals surface area contributed by atoms with Gasteiger partial charge in [0.1, 0.15) is 6.17 Å². The zero-order chi connectivity index (χ0) is 28.2. The molecule has 3 N–H and O–H groups in total. The lowest BCUT2D eigenvalue weighted by Gasteiger charge is -2.61. The number of hydrogen-bond donors (Lipinski definition) is 2. The van der Waals surface area contributed by atoms with Crippen LogP contribution in [0.4, 0.5) is 4.39 Å². The maximum atomic E-state index is 16.2. The second kappa shape index (κ2) is 11.5. The lowest BCUT2D eigenvalue weighted by Crippen LogP contribution is -2.73. The number of alkyl halides is 1. The molecular weight excluding hydrogens is 523 g/mol. The fourth-order valence-corrected chi connectivity index (χ4v) is 9.49. The summed E-state index contributed by atoms with van der Waals surface area (Å²) < 4.78 is 23.1. The summed E-state index contributed by atoms with van der Waals surface area (Å²) in [6, 6.07) is -0.434. The number of nitrogens with zero attached hydrogens (tertiary/aromatic N) is 4. The number of ether oxygens (including phenoxy) is 1. The molecule has 0 aromatic carbocycles. The molecule has 10 unspecified atom stereocenters. The van der Waals surface area contributed by atoms with E-state index in [-0.39, 0.29) is 47.9 Å². The van der Waals surface area contributed by atoms with Gasteiger partial charge < -0.3 is 25.6 Å². The Morgan fingerprint density at radius 3 is 2.61 bits per heavy atom. The van der Waals surface area contributed by atoms with Crippen LogP contribution in [0.5, 0.6) is 0 Å². The molecule has 7 aliphatic rings. The van der Waals surface area contributed by atoms with Gasteiger partial charge in [-0.05, 0) is 57.5 Å². The van der Waals surface area contributed by atoms with Crippen LogP contribution in [0.2, 0.25) is 0 Å². The van der Waals surface area contributed by atoms with Crippen LogP contribution in [0.3, 0.4) is 0 Å². The third kappa shape index (κ3) is 5.26. The van der Waals surface area contributed by atoms with Crippen molar-refractivity contribution in [3.63, 3.8) is 0 Å². The van der Waals surface area contributed by atoms with Crippen molar-refractivity contribution in [2.24, 2.45) is 23.5 Å². The standard InChI is InChI=1S/C31H49FN6O3/c1-35-8-4-9-36(12-11-35)18-34-31(40)23-17-38-25-13-19-5-2-3-6-20(19)14-26(25)41-30-27(38)22(29(23)39)15-24(32)28(30)37-10-7-21(33)16-37/h17,19-22,24-28,30H,2-16,18,33H2,1H3,(H,34,40). The topological polar surface area (TPSA) is 94.4 Å². The highest BCUT2D eigenvalue weighted by molar-refractivity contribution is 6.20. The largest absolute Gasteiger partial charge is 0.369 e. The Bertz CT molecular complexity index is 1040. The van der Waals surface area contributed by atoms with Crippen molar-refractivity contribution in [3.8, 4) is 0 Å². The summed E-state index contributed by atoms with van der Waals surface area (Å²) >= 11 is 0. The molecular formula is C31H49FN6O3. The number of nitrogens with one attached hydrogen (secondary N) is 1. The molecule has 4 aliphatic heterocycles. The van der Waals surface area contributed by atoms with Crippen LogP contribution in [0.15, 0.2) is 11.8 Å². The Morgan fingerprint density at radius 1 is 1.02 bits per heavy atom. The molecule has 3 aliphatic carbocycles. The average Bonchev–Trinajstić information content (AvgIpc) is 3.27. The number of amides is 1. The first-order valence-electron chi connectivity index (χ1n) is 16.4. The highest BCUT2D eigenvalue weighted by Gasteiger charge is 2.60. The first kappa shape index (κ1) is 28.2. The first-order valence-corrected chi connectivity index (χ1v) is 16.4. The van der Waals surface area contributed by atoms with E-state index in [1.807, 2.05) is 6.20 Å². The Morgan fingerprint density at radius 2 is 1.83 bits per heavy atom. The van der Waals surface area contributed by atoms with Crippen molar-refractivity contribution in [1.82, 2.24) is 24.9 Å². The third-order valence-electron chi connectivity index (χ3n) is 11.6. The summed E-state index contributed by atoms with van der Waals surface area (Å²) in [5, 5.41) is 3.06. The SMILES string of the molecule is CN1CCCN(CNC(=O)C2=CN3C4CC5CCCCC5CC4OC4C(N5CCC(N)C5)C(F)CC(C2=O)C43)CC1. The van der Waals surface area contributed by atoms with Gasteiger partial charge in [0.2, 0.25) is 0 Å². The zero-order valence-corrected chi connectivity index (χ0v) is 24.6. The van der Waals surface area contributed by atoms with E-state index in [9.17, 15) is 9.59 Å². The maximum Gasteiger partial charge on any atom is 0.257 e. The lowest BCUT2D eigenvalue weighted by atomic mass is 9.64. The van der Waals surface area contributed by atoms with Crippen LogP contribution in [-0.2, 0) is 14.3 Å².